The minimum Gasteiger partial charge on any atom is -0.394 e. The lowest BCUT2D eigenvalue weighted by Gasteiger charge is -2.36. The maximum Gasteiger partial charge on any atom is 0.248 e. The summed E-state index contributed by atoms with van der Waals surface area (Å²) in [7, 11) is 1.57. The van der Waals surface area contributed by atoms with E-state index in [1.165, 1.54) is 4.90 Å². The molecule has 6 atom stereocenters. The van der Waals surface area contributed by atoms with Crippen molar-refractivity contribution in [2.75, 3.05) is 19.0 Å². The molecule has 3 heterocycles. The van der Waals surface area contributed by atoms with Crippen molar-refractivity contribution in [1.82, 2.24) is 10.2 Å². The van der Waals surface area contributed by atoms with E-state index in [4.69, 9.17) is 11.6 Å². The molecule has 3 saturated heterocycles. The van der Waals surface area contributed by atoms with Crippen molar-refractivity contribution in [1.29, 1.82) is 0 Å². The number of nitrogens with one attached hydrogen (secondary N) is 2. The number of carbonyl (C=O) groups is 3. The second-order valence-corrected chi connectivity index (χ2v) is 10.9. The number of aliphatic hydroxyl groups is 1. The highest BCUT2D eigenvalue weighted by molar-refractivity contribution is 8.02. The quantitative estimate of drug-likeness (QED) is 0.635. The average molecular weight is 452 g/mol. The highest BCUT2D eigenvalue weighted by Crippen LogP contribution is 2.71. The summed E-state index contributed by atoms with van der Waals surface area (Å²) in [5.41, 5.74) is 0.472. The van der Waals surface area contributed by atoms with Gasteiger partial charge in [0, 0.05) is 11.8 Å². The number of thioether (sulfide) groups is 1. The second-order valence-electron chi connectivity index (χ2n) is 8.59. The van der Waals surface area contributed by atoms with E-state index in [1.54, 1.807) is 50.0 Å². The van der Waals surface area contributed by atoms with Gasteiger partial charge in [0.2, 0.25) is 17.7 Å². The van der Waals surface area contributed by atoms with Crippen LogP contribution in [0.1, 0.15) is 26.7 Å². The van der Waals surface area contributed by atoms with Crippen LogP contribution in [0, 0.1) is 11.8 Å². The lowest BCUT2D eigenvalue weighted by atomic mass is 9.66. The van der Waals surface area contributed by atoms with E-state index in [0.717, 1.165) is 6.42 Å². The number of aliphatic hydroxyl groups excluding tert-OH is 1. The van der Waals surface area contributed by atoms with Gasteiger partial charge in [-0.25, -0.2) is 0 Å². The predicted molar refractivity (Wildman–Crippen MR) is 116 cm³/mol. The fourth-order valence-electron chi connectivity index (χ4n) is 5.55. The molecule has 162 valence electrons. The summed E-state index contributed by atoms with van der Waals surface area (Å²) in [5.74, 6) is -1.86. The minimum absolute atomic E-state index is 0.173. The summed E-state index contributed by atoms with van der Waals surface area (Å²) >= 11 is 7.82. The number of para-hydroxylation sites is 1. The van der Waals surface area contributed by atoms with Crippen molar-refractivity contribution in [3.05, 3.63) is 29.3 Å². The zero-order chi connectivity index (χ0) is 21.8. The van der Waals surface area contributed by atoms with Crippen LogP contribution in [0.25, 0.3) is 0 Å². The Labute approximate surface area is 184 Å². The maximum absolute atomic E-state index is 13.6. The average Bonchev–Trinajstić information content (AvgIpc) is 3.29. The zero-order valence-electron chi connectivity index (χ0n) is 17.1. The maximum atomic E-state index is 13.6. The largest absolute Gasteiger partial charge is 0.394 e. The molecule has 3 fully saturated rings. The van der Waals surface area contributed by atoms with Crippen LogP contribution in [0.3, 0.4) is 0 Å². The number of nitrogens with zero attached hydrogens (tertiary/aromatic N) is 1. The summed E-state index contributed by atoms with van der Waals surface area (Å²) in [4.78, 5) is 41.4. The van der Waals surface area contributed by atoms with E-state index in [-0.39, 0.29) is 24.3 Å². The summed E-state index contributed by atoms with van der Waals surface area (Å²) in [5, 5.41) is 15.8. The second kappa shape index (κ2) is 7.43. The molecule has 0 saturated carbocycles. The molecule has 1 aromatic rings. The van der Waals surface area contributed by atoms with Crippen molar-refractivity contribution in [2.45, 2.75) is 48.3 Å². The molecule has 0 radical (unpaired) electrons. The van der Waals surface area contributed by atoms with E-state index in [0.29, 0.717) is 17.1 Å². The van der Waals surface area contributed by atoms with Crippen LogP contribution >= 0.6 is 23.4 Å². The van der Waals surface area contributed by atoms with Gasteiger partial charge in [0.15, 0.2) is 0 Å². The molecule has 0 aromatic heterocycles. The normalized spacial score (nSPS) is 35.3. The van der Waals surface area contributed by atoms with Crippen molar-refractivity contribution in [3.8, 4) is 0 Å². The van der Waals surface area contributed by atoms with Crippen LogP contribution < -0.4 is 10.6 Å². The summed E-state index contributed by atoms with van der Waals surface area (Å²) in [6.45, 7) is 3.47. The summed E-state index contributed by atoms with van der Waals surface area (Å²) in [6.07, 6.45) is 1.41. The molecule has 4 rings (SSSR count). The number of hydrogen-bond donors (Lipinski definition) is 3. The molecule has 0 aliphatic carbocycles. The Hall–Kier alpha value is -1.77. The van der Waals surface area contributed by atoms with Crippen molar-refractivity contribution in [2.24, 2.45) is 11.8 Å². The predicted octanol–water partition coefficient (Wildman–Crippen LogP) is 1.89. The monoisotopic (exact) mass is 451 g/mol. The molecule has 1 spiro atoms. The van der Waals surface area contributed by atoms with Gasteiger partial charge < -0.3 is 20.6 Å². The molecule has 9 heteroatoms. The fourth-order valence-corrected chi connectivity index (χ4v) is 8.07. The molecule has 3 aliphatic rings. The number of rotatable bonds is 5. The first-order chi connectivity index (χ1) is 14.2. The highest BCUT2D eigenvalue weighted by atomic mass is 35.5. The SMILES string of the molecule is CNC(=O)[C@H]1[C@H]2C(=O)N([C@H](C)CO)C(C(=O)Nc3ccccc3Cl)C23CC[C@]1(C)S3. The first-order valence-electron chi connectivity index (χ1n) is 10.1. The Kier molecular flexibility index (Phi) is 5.31. The van der Waals surface area contributed by atoms with E-state index in [1.807, 2.05) is 6.92 Å². The van der Waals surface area contributed by atoms with Gasteiger partial charge in [0.1, 0.15) is 6.04 Å². The highest BCUT2D eigenvalue weighted by Gasteiger charge is 2.77. The molecule has 3 amide bonds. The molecule has 30 heavy (non-hydrogen) atoms. The van der Waals surface area contributed by atoms with Crippen molar-refractivity contribution in [3.63, 3.8) is 0 Å². The fraction of sp³-hybridized carbons (Fsp3) is 0.571. The van der Waals surface area contributed by atoms with Gasteiger partial charge in [0.25, 0.3) is 0 Å². The molecular formula is C21H26ClN3O4S. The van der Waals surface area contributed by atoms with E-state index < -0.39 is 33.4 Å². The van der Waals surface area contributed by atoms with Gasteiger partial charge in [-0.2, -0.15) is 0 Å². The Balaban J connectivity index is 1.78. The number of hydrogen-bond acceptors (Lipinski definition) is 5. The van der Waals surface area contributed by atoms with Crippen LogP contribution in [0.5, 0.6) is 0 Å². The number of anilines is 1. The van der Waals surface area contributed by atoms with E-state index >= 15 is 0 Å². The number of likely N-dealkylation sites (tertiary alicyclic amines) is 1. The van der Waals surface area contributed by atoms with Crippen LogP contribution in [-0.2, 0) is 14.4 Å². The first-order valence-corrected chi connectivity index (χ1v) is 11.3. The molecule has 2 unspecified atom stereocenters. The Morgan fingerprint density at radius 2 is 2.03 bits per heavy atom. The molecule has 3 aliphatic heterocycles. The zero-order valence-corrected chi connectivity index (χ0v) is 18.7. The standard InChI is InChI=1S/C21H26ClN3O4S/c1-11(10-26)25-16(18(28)24-13-7-5-4-6-12(13)22)21-9-8-20(2,30-21)14(17(27)23-3)15(21)19(25)29/h4-7,11,14-16,26H,8-10H2,1-3H3,(H,23,27)(H,24,28)/t11-,14-,15+,16?,20+,21?/m1/s1. The third-order valence-electron chi connectivity index (χ3n) is 6.86. The van der Waals surface area contributed by atoms with Crippen LogP contribution in [0.4, 0.5) is 5.69 Å². The van der Waals surface area contributed by atoms with Crippen LogP contribution in [0.2, 0.25) is 5.02 Å². The van der Waals surface area contributed by atoms with Crippen molar-refractivity contribution < 1.29 is 19.5 Å². The molecule has 7 nitrogen and oxygen atoms in total. The molecule has 1 aromatic carbocycles. The van der Waals surface area contributed by atoms with Crippen LogP contribution in [-0.4, -0.2) is 63.0 Å². The number of fused-ring (bicyclic) bond motifs is 1. The van der Waals surface area contributed by atoms with Crippen molar-refractivity contribution >= 4 is 46.8 Å². The molecule has 3 N–H and O–H groups in total. The minimum atomic E-state index is -0.796. The third kappa shape index (κ3) is 2.87. The Morgan fingerprint density at radius 1 is 1.33 bits per heavy atom. The molecule has 2 bridgehead atoms. The van der Waals surface area contributed by atoms with Crippen LogP contribution in [0.15, 0.2) is 24.3 Å². The summed E-state index contributed by atoms with van der Waals surface area (Å²) in [6, 6.07) is 5.60. The van der Waals surface area contributed by atoms with E-state index in [9.17, 15) is 19.5 Å². The Morgan fingerprint density at radius 3 is 2.67 bits per heavy atom. The van der Waals surface area contributed by atoms with Gasteiger partial charge in [-0.1, -0.05) is 23.7 Å². The Bertz CT molecular complexity index is 914. The lowest BCUT2D eigenvalue weighted by Crippen LogP contribution is -2.54. The number of amides is 3. The van der Waals surface area contributed by atoms with Gasteiger partial charge in [-0.05, 0) is 38.8 Å². The number of halogens is 1. The smallest absolute Gasteiger partial charge is 0.248 e. The molecular weight excluding hydrogens is 426 g/mol. The first kappa shape index (κ1) is 21.5. The lowest BCUT2D eigenvalue weighted by molar-refractivity contribution is -0.142. The third-order valence-corrected chi connectivity index (χ3v) is 9.18. The van der Waals surface area contributed by atoms with Gasteiger partial charge >= 0.3 is 0 Å². The van der Waals surface area contributed by atoms with E-state index in [2.05, 4.69) is 10.6 Å². The summed E-state index contributed by atoms with van der Waals surface area (Å²) < 4.78 is -1.12. The number of benzene rings is 1. The van der Waals surface area contributed by atoms with Gasteiger partial charge in [0.05, 0.1) is 39.9 Å². The topological polar surface area (TPSA) is 98.7 Å². The van der Waals surface area contributed by atoms with Gasteiger partial charge in [-0.3, -0.25) is 14.4 Å². The number of carbonyl (C=O) groups excluding carboxylic acids is 3. The van der Waals surface area contributed by atoms with Gasteiger partial charge in [-0.15, -0.1) is 11.8 Å².